The Labute approximate surface area is 132 Å². The van der Waals surface area contributed by atoms with E-state index < -0.39 is 10.0 Å². The second-order valence-corrected chi connectivity index (χ2v) is 8.66. The van der Waals surface area contributed by atoms with E-state index in [0.717, 1.165) is 32.2 Å². The summed E-state index contributed by atoms with van der Waals surface area (Å²) in [6.45, 7) is 2.11. The van der Waals surface area contributed by atoms with E-state index in [9.17, 15) is 12.8 Å². The molecule has 0 radical (unpaired) electrons. The Morgan fingerprint density at radius 1 is 1.27 bits per heavy atom. The fourth-order valence-corrected chi connectivity index (χ4v) is 4.94. The Balaban J connectivity index is 1.65. The summed E-state index contributed by atoms with van der Waals surface area (Å²) >= 11 is 0. The number of sulfonamides is 1. The van der Waals surface area contributed by atoms with E-state index in [4.69, 9.17) is 0 Å². The van der Waals surface area contributed by atoms with E-state index >= 15 is 0 Å². The van der Waals surface area contributed by atoms with E-state index in [1.54, 1.807) is 23.5 Å². The van der Waals surface area contributed by atoms with E-state index in [2.05, 4.69) is 4.90 Å². The minimum absolute atomic E-state index is 0.00567. The molecule has 1 saturated carbocycles. The zero-order valence-electron chi connectivity index (χ0n) is 12.9. The maximum absolute atomic E-state index is 13.8. The van der Waals surface area contributed by atoms with Crippen LogP contribution in [0.15, 0.2) is 24.3 Å². The van der Waals surface area contributed by atoms with Crippen LogP contribution in [-0.4, -0.2) is 49.1 Å². The van der Waals surface area contributed by atoms with E-state index in [-0.39, 0.29) is 17.1 Å². The summed E-state index contributed by atoms with van der Waals surface area (Å²) in [5.74, 6) is -0.191. The maximum atomic E-state index is 13.8. The number of hydrogen-bond donors (Lipinski definition) is 0. The molecule has 1 aliphatic carbocycles. The fourth-order valence-electron chi connectivity index (χ4n) is 3.15. The highest BCUT2D eigenvalue weighted by Gasteiger charge is 2.41. The molecular weight excluding hydrogens is 303 g/mol. The molecule has 122 valence electrons. The quantitative estimate of drug-likeness (QED) is 0.833. The molecule has 22 heavy (non-hydrogen) atoms. The number of nitrogens with zero attached hydrogens (tertiary/aromatic N) is 2. The minimum atomic E-state index is -3.14. The van der Waals surface area contributed by atoms with Gasteiger partial charge in [0.15, 0.2) is 0 Å². The minimum Gasteiger partial charge on any atom is -0.297 e. The van der Waals surface area contributed by atoms with Crippen LogP contribution in [0.2, 0.25) is 0 Å². The SMILES string of the molecule is CN(C1CCCN(Cc2ccccc2F)C1)S(=O)(=O)C1CC1. The lowest BCUT2D eigenvalue weighted by atomic mass is 10.0. The number of halogens is 1. The maximum Gasteiger partial charge on any atom is 0.217 e. The molecule has 2 aliphatic rings. The summed E-state index contributed by atoms with van der Waals surface area (Å²) in [4.78, 5) is 2.16. The smallest absolute Gasteiger partial charge is 0.217 e. The van der Waals surface area contributed by atoms with Gasteiger partial charge in [0, 0.05) is 31.7 Å². The van der Waals surface area contributed by atoms with Gasteiger partial charge in [-0.2, -0.15) is 0 Å². The third kappa shape index (κ3) is 3.34. The van der Waals surface area contributed by atoms with Crippen molar-refractivity contribution < 1.29 is 12.8 Å². The Hall–Kier alpha value is -0.980. The summed E-state index contributed by atoms with van der Waals surface area (Å²) in [6, 6.07) is 6.80. The monoisotopic (exact) mass is 326 g/mol. The Morgan fingerprint density at radius 3 is 2.68 bits per heavy atom. The molecule has 2 fully saturated rings. The molecule has 0 N–H and O–H groups in total. The van der Waals surface area contributed by atoms with Crippen molar-refractivity contribution >= 4 is 10.0 Å². The van der Waals surface area contributed by atoms with Crippen molar-refractivity contribution in [3.05, 3.63) is 35.6 Å². The van der Waals surface area contributed by atoms with Gasteiger partial charge in [-0.05, 0) is 38.3 Å². The average Bonchev–Trinajstić information content (AvgIpc) is 3.34. The first-order valence-electron chi connectivity index (χ1n) is 7.91. The summed E-state index contributed by atoms with van der Waals surface area (Å²) in [5.41, 5.74) is 0.677. The second-order valence-electron chi connectivity index (χ2n) is 6.38. The molecule has 6 heteroatoms. The molecule has 3 rings (SSSR count). The number of likely N-dealkylation sites (tertiary alicyclic amines) is 1. The summed E-state index contributed by atoms with van der Waals surface area (Å²) < 4.78 is 40.1. The van der Waals surface area contributed by atoms with E-state index in [1.807, 2.05) is 6.07 Å². The third-order valence-electron chi connectivity index (χ3n) is 4.69. The standard InChI is InChI=1S/C16H23FN2O2S/c1-18(22(20,21)15-8-9-15)14-6-4-10-19(12-14)11-13-5-2-3-7-16(13)17/h2-3,5,7,14-15H,4,6,8-12H2,1H3. The molecule has 1 aromatic carbocycles. The van der Waals surface area contributed by atoms with Gasteiger partial charge in [-0.3, -0.25) is 4.90 Å². The van der Waals surface area contributed by atoms with E-state index in [0.29, 0.717) is 18.7 Å². The van der Waals surface area contributed by atoms with Crippen LogP contribution in [0.1, 0.15) is 31.2 Å². The molecule has 0 amide bonds. The average molecular weight is 326 g/mol. The lowest BCUT2D eigenvalue weighted by Gasteiger charge is -2.37. The van der Waals surface area contributed by atoms with Crippen molar-refractivity contribution in [2.45, 2.75) is 43.5 Å². The predicted octanol–water partition coefficient (Wildman–Crippen LogP) is 2.21. The van der Waals surface area contributed by atoms with Crippen LogP contribution >= 0.6 is 0 Å². The van der Waals surface area contributed by atoms with Crippen LogP contribution in [0.25, 0.3) is 0 Å². The van der Waals surface area contributed by atoms with Gasteiger partial charge in [0.1, 0.15) is 5.82 Å². The number of hydrogen-bond acceptors (Lipinski definition) is 3. The first kappa shape index (κ1) is 15.9. The molecule has 0 aromatic heterocycles. The molecule has 0 bridgehead atoms. The van der Waals surface area contributed by atoms with E-state index in [1.165, 1.54) is 6.07 Å². The van der Waals surface area contributed by atoms with Gasteiger partial charge in [0.2, 0.25) is 10.0 Å². The van der Waals surface area contributed by atoms with Crippen molar-refractivity contribution in [2.24, 2.45) is 0 Å². The van der Waals surface area contributed by atoms with Gasteiger partial charge in [0.05, 0.1) is 5.25 Å². The molecule has 0 spiro atoms. The number of benzene rings is 1. The summed E-state index contributed by atoms with van der Waals surface area (Å²) in [5, 5.41) is -0.167. The number of likely N-dealkylation sites (N-methyl/N-ethyl adjacent to an activating group) is 1. The molecule has 1 aromatic rings. The molecule has 1 saturated heterocycles. The first-order valence-corrected chi connectivity index (χ1v) is 9.41. The van der Waals surface area contributed by atoms with Gasteiger partial charge in [-0.15, -0.1) is 0 Å². The second kappa shape index (κ2) is 6.26. The van der Waals surface area contributed by atoms with Crippen molar-refractivity contribution in [1.29, 1.82) is 0 Å². The highest BCUT2D eigenvalue weighted by atomic mass is 32.2. The first-order chi connectivity index (χ1) is 10.5. The third-order valence-corrected chi connectivity index (χ3v) is 7.11. The molecule has 4 nitrogen and oxygen atoms in total. The molecular formula is C16H23FN2O2S. The van der Waals surface area contributed by atoms with Gasteiger partial charge < -0.3 is 0 Å². The van der Waals surface area contributed by atoms with Crippen LogP contribution < -0.4 is 0 Å². The highest BCUT2D eigenvalue weighted by molar-refractivity contribution is 7.90. The van der Waals surface area contributed by atoms with Crippen LogP contribution in [-0.2, 0) is 16.6 Å². The lowest BCUT2D eigenvalue weighted by Crippen LogP contribution is -2.49. The molecule has 1 heterocycles. The predicted molar refractivity (Wildman–Crippen MR) is 84.4 cm³/mol. The molecule has 1 atom stereocenters. The summed E-state index contributed by atoms with van der Waals surface area (Å²) in [6.07, 6.45) is 3.41. The Kier molecular flexibility index (Phi) is 4.52. The van der Waals surface area contributed by atoms with Crippen molar-refractivity contribution in [1.82, 2.24) is 9.21 Å². The van der Waals surface area contributed by atoms with Gasteiger partial charge in [0.25, 0.3) is 0 Å². The van der Waals surface area contributed by atoms with Crippen molar-refractivity contribution in [3.8, 4) is 0 Å². The topological polar surface area (TPSA) is 40.6 Å². The highest BCUT2D eigenvalue weighted by Crippen LogP contribution is 2.32. The zero-order chi connectivity index (χ0) is 15.7. The normalized spacial score (nSPS) is 23.9. The lowest BCUT2D eigenvalue weighted by molar-refractivity contribution is 0.151. The Morgan fingerprint density at radius 2 is 2.00 bits per heavy atom. The van der Waals surface area contributed by atoms with Crippen LogP contribution in [0.4, 0.5) is 4.39 Å². The molecule has 1 aliphatic heterocycles. The summed E-state index contributed by atoms with van der Waals surface area (Å²) in [7, 11) is -1.44. The van der Waals surface area contributed by atoms with Gasteiger partial charge in [-0.1, -0.05) is 18.2 Å². The number of piperidine rings is 1. The molecule has 1 unspecified atom stereocenters. The fraction of sp³-hybridized carbons (Fsp3) is 0.625. The van der Waals surface area contributed by atoms with Gasteiger partial charge in [-0.25, -0.2) is 17.1 Å². The Bertz CT molecular complexity index is 631. The van der Waals surface area contributed by atoms with Crippen molar-refractivity contribution in [3.63, 3.8) is 0 Å². The number of rotatable bonds is 5. The van der Waals surface area contributed by atoms with Crippen LogP contribution in [0.3, 0.4) is 0 Å². The van der Waals surface area contributed by atoms with Gasteiger partial charge >= 0.3 is 0 Å². The van der Waals surface area contributed by atoms with Crippen LogP contribution in [0.5, 0.6) is 0 Å². The van der Waals surface area contributed by atoms with Crippen molar-refractivity contribution in [2.75, 3.05) is 20.1 Å². The zero-order valence-corrected chi connectivity index (χ0v) is 13.7. The largest absolute Gasteiger partial charge is 0.297 e. The van der Waals surface area contributed by atoms with Crippen LogP contribution in [0, 0.1) is 5.82 Å².